The lowest BCUT2D eigenvalue weighted by Gasteiger charge is -2.30. The van der Waals surface area contributed by atoms with Gasteiger partial charge in [0, 0.05) is 35.3 Å². The number of pyridine rings is 1. The third-order valence-electron chi connectivity index (χ3n) is 6.87. The number of allylic oxidation sites excluding steroid dienone is 2. The molecular formula is C31H26N4O4. The number of fused-ring (bicyclic) bond motifs is 2. The predicted octanol–water partition coefficient (Wildman–Crippen LogP) is 5.00. The number of hydrogen-bond donors (Lipinski definition) is 1. The zero-order valence-electron chi connectivity index (χ0n) is 21.5. The van der Waals surface area contributed by atoms with Gasteiger partial charge in [-0.3, -0.25) is 9.78 Å². The molecule has 0 atom stereocenters. The van der Waals surface area contributed by atoms with Gasteiger partial charge in [0.25, 0.3) is 5.56 Å². The van der Waals surface area contributed by atoms with Crippen LogP contribution < -0.4 is 19.9 Å². The van der Waals surface area contributed by atoms with Gasteiger partial charge in [-0.1, -0.05) is 30.4 Å². The molecule has 5 aromatic rings. The summed E-state index contributed by atoms with van der Waals surface area (Å²) in [5.74, 6) is 1.76. The zero-order chi connectivity index (χ0) is 26.9. The largest absolute Gasteiger partial charge is 0.493 e. The minimum atomic E-state index is -0.230. The SMILES string of the molecule is COc1cc2cc(CO)cc(N3CC=CC=C3n3nc(-c4cccnc4)c4ccccc4c3=O)c2cc1OC. The summed E-state index contributed by atoms with van der Waals surface area (Å²) >= 11 is 0. The summed E-state index contributed by atoms with van der Waals surface area (Å²) in [5.41, 5.74) is 2.78. The summed E-state index contributed by atoms with van der Waals surface area (Å²) in [5, 5.41) is 18.0. The van der Waals surface area contributed by atoms with Crippen molar-refractivity contribution in [2.75, 3.05) is 25.7 Å². The minimum absolute atomic E-state index is 0.140. The van der Waals surface area contributed by atoms with E-state index in [1.165, 1.54) is 4.68 Å². The molecule has 3 heterocycles. The number of aliphatic hydroxyl groups is 1. The number of ether oxygens (including phenoxy) is 2. The maximum atomic E-state index is 13.9. The van der Waals surface area contributed by atoms with Crippen molar-refractivity contribution in [2.24, 2.45) is 0 Å². The van der Waals surface area contributed by atoms with E-state index in [-0.39, 0.29) is 12.2 Å². The van der Waals surface area contributed by atoms with Crippen LogP contribution in [0.2, 0.25) is 0 Å². The molecule has 0 saturated carbocycles. The van der Waals surface area contributed by atoms with Crippen molar-refractivity contribution in [1.29, 1.82) is 0 Å². The summed E-state index contributed by atoms with van der Waals surface area (Å²) in [6.07, 6.45) is 9.25. The summed E-state index contributed by atoms with van der Waals surface area (Å²) in [7, 11) is 3.19. The minimum Gasteiger partial charge on any atom is -0.493 e. The molecule has 1 N–H and O–H groups in total. The van der Waals surface area contributed by atoms with Crippen molar-refractivity contribution in [3.05, 3.63) is 107 Å². The first-order chi connectivity index (χ1) is 19.1. The maximum absolute atomic E-state index is 13.9. The number of rotatable bonds is 6. The van der Waals surface area contributed by atoms with Crippen LogP contribution in [0.4, 0.5) is 5.69 Å². The fourth-order valence-electron chi connectivity index (χ4n) is 5.02. The van der Waals surface area contributed by atoms with Crippen molar-refractivity contribution < 1.29 is 14.6 Å². The third-order valence-corrected chi connectivity index (χ3v) is 6.87. The van der Waals surface area contributed by atoms with Crippen LogP contribution in [0.25, 0.3) is 38.6 Å². The highest BCUT2D eigenvalue weighted by molar-refractivity contribution is 6.00. The lowest BCUT2D eigenvalue weighted by Crippen LogP contribution is -2.34. The highest BCUT2D eigenvalue weighted by atomic mass is 16.5. The first-order valence-corrected chi connectivity index (χ1v) is 12.5. The second-order valence-corrected chi connectivity index (χ2v) is 9.12. The Morgan fingerprint density at radius 2 is 1.74 bits per heavy atom. The normalized spacial score (nSPS) is 13.1. The Morgan fingerprint density at radius 1 is 0.949 bits per heavy atom. The Labute approximate surface area is 224 Å². The molecule has 194 valence electrons. The lowest BCUT2D eigenvalue weighted by molar-refractivity contribution is 0.282. The third kappa shape index (κ3) is 4.20. The fraction of sp³-hybridized carbons (Fsp3) is 0.129. The highest BCUT2D eigenvalue weighted by Crippen LogP contribution is 2.39. The van der Waals surface area contributed by atoms with Crippen molar-refractivity contribution in [3.63, 3.8) is 0 Å². The van der Waals surface area contributed by atoms with Gasteiger partial charge >= 0.3 is 0 Å². The molecule has 8 nitrogen and oxygen atoms in total. The molecule has 0 aliphatic carbocycles. The van der Waals surface area contributed by atoms with E-state index in [0.717, 1.165) is 33.0 Å². The van der Waals surface area contributed by atoms with Crippen molar-refractivity contribution in [3.8, 4) is 22.8 Å². The van der Waals surface area contributed by atoms with Crippen LogP contribution in [0.1, 0.15) is 5.56 Å². The molecule has 0 unspecified atom stereocenters. The highest BCUT2D eigenvalue weighted by Gasteiger charge is 2.23. The second kappa shape index (κ2) is 10.1. The fourth-order valence-corrected chi connectivity index (χ4v) is 5.02. The molecule has 1 aliphatic heterocycles. The Bertz CT molecular complexity index is 1830. The van der Waals surface area contributed by atoms with E-state index in [1.807, 2.05) is 83.8 Å². The number of aliphatic hydroxyl groups excluding tert-OH is 1. The van der Waals surface area contributed by atoms with Crippen LogP contribution in [0.3, 0.4) is 0 Å². The summed E-state index contributed by atoms with van der Waals surface area (Å²) < 4.78 is 12.6. The van der Waals surface area contributed by atoms with Crippen LogP contribution in [-0.4, -0.2) is 40.6 Å². The molecule has 0 saturated heterocycles. The molecule has 2 aromatic heterocycles. The van der Waals surface area contributed by atoms with Crippen molar-refractivity contribution in [1.82, 2.24) is 14.8 Å². The Kier molecular flexibility index (Phi) is 6.30. The zero-order valence-corrected chi connectivity index (χ0v) is 21.5. The van der Waals surface area contributed by atoms with Crippen LogP contribution in [0.5, 0.6) is 11.5 Å². The number of anilines is 1. The standard InChI is InChI=1S/C31H26N4O4/c1-38-27-16-22-14-20(19-36)15-26(25(22)17-28(27)39-2)34-13-6-5-11-29(34)35-31(37)24-10-4-3-9-23(24)30(33-35)21-8-7-12-32-18-21/h3-12,14-18,36H,13,19H2,1-2H3. The predicted molar refractivity (Wildman–Crippen MR) is 153 cm³/mol. The molecule has 0 amide bonds. The van der Waals surface area contributed by atoms with Crippen LogP contribution >= 0.6 is 0 Å². The van der Waals surface area contributed by atoms with E-state index in [4.69, 9.17) is 14.6 Å². The number of aromatic nitrogens is 3. The first kappa shape index (κ1) is 24.4. The molecule has 0 radical (unpaired) electrons. The molecule has 3 aromatic carbocycles. The van der Waals surface area contributed by atoms with E-state index >= 15 is 0 Å². The number of benzene rings is 3. The molecule has 6 rings (SSSR count). The smallest absolute Gasteiger partial charge is 0.280 e. The average molecular weight is 519 g/mol. The van der Waals surface area contributed by atoms with Gasteiger partial charge in [0.15, 0.2) is 11.5 Å². The van der Waals surface area contributed by atoms with Crippen LogP contribution in [0.15, 0.2) is 96.1 Å². The van der Waals surface area contributed by atoms with Gasteiger partial charge < -0.3 is 19.5 Å². The lowest BCUT2D eigenvalue weighted by atomic mass is 10.0. The number of hydrogen-bond acceptors (Lipinski definition) is 7. The molecular weight excluding hydrogens is 492 g/mol. The number of methoxy groups -OCH3 is 2. The van der Waals surface area contributed by atoms with Gasteiger partial charge in [-0.25, -0.2) is 0 Å². The summed E-state index contributed by atoms with van der Waals surface area (Å²) in [6.45, 7) is 0.354. The van der Waals surface area contributed by atoms with Crippen LogP contribution in [0, 0.1) is 0 Å². The molecule has 1 aliphatic rings. The van der Waals surface area contributed by atoms with Gasteiger partial charge in [0.2, 0.25) is 0 Å². The van der Waals surface area contributed by atoms with Gasteiger partial charge in [0.05, 0.1) is 31.9 Å². The van der Waals surface area contributed by atoms with Gasteiger partial charge in [-0.15, -0.1) is 0 Å². The molecule has 39 heavy (non-hydrogen) atoms. The maximum Gasteiger partial charge on any atom is 0.280 e. The Morgan fingerprint density at radius 3 is 2.49 bits per heavy atom. The van der Waals surface area contributed by atoms with E-state index < -0.39 is 0 Å². The summed E-state index contributed by atoms with van der Waals surface area (Å²) in [6, 6.07) is 18.9. The second-order valence-electron chi connectivity index (χ2n) is 9.12. The Balaban J connectivity index is 1.61. The topological polar surface area (TPSA) is 89.7 Å². The summed E-state index contributed by atoms with van der Waals surface area (Å²) in [4.78, 5) is 20.2. The molecule has 0 bridgehead atoms. The molecule has 0 fully saturated rings. The van der Waals surface area contributed by atoms with Crippen molar-refractivity contribution >= 4 is 33.1 Å². The van der Waals surface area contributed by atoms with E-state index in [9.17, 15) is 9.90 Å². The quantitative estimate of drug-likeness (QED) is 0.339. The first-order valence-electron chi connectivity index (χ1n) is 12.5. The van der Waals surface area contributed by atoms with Gasteiger partial charge in [-0.2, -0.15) is 9.78 Å². The average Bonchev–Trinajstić information content (AvgIpc) is 3.00. The van der Waals surface area contributed by atoms with E-state index in [1.54, 1.807) is 26.6 Å². The monoisotopic (exact) mass is 518 g/mol. The van der Waals surface area contributed by atoms with Gasteiger partial charge in [0.1, 0.15) is 11.5 Å². The molecule has 8 heteroatoms. The van der Waals surface area contributed by atoms with Crippen molar-refractivity contribution in [2.45, 2.75) is 6.61 Å². The van der Waals surface area contributed by atoms with Crippen LogP contribution in [-0.2, 0) is 6.61 Å². The van der Waals surface area contributed by atoms with E-state index in [0.29, 0.717) is 34.9 Å². The number of nitrogens with zero attached hydrogens (tertiary/aromatic N) is 4. The van der Waals surface area contributed by atoms with E-state index in [2.05, 4.69) is 4.98 Å². The Hall–Kier alpha value is -4.95. The molecule has 0 spiro atoms. The van der Waals surface area contributed by atoms with Gasteiger partial charge in [-0.05, 0) is 59.5 Å².